The zero-order valence-corrected chi connectivity index (χ0v) is 19.4. The molecule has 154 valence electrons. The summed E-state index contributed by atoms with van der Waals surface area (Å²) >= 11 is 0. The van der Waals surface area contributed by atoms with E-state index in [4.69, 9.17) is 9.47 Å². The second-order valence-electron chi connectivity index (χ2n) is 7.19. The van der Waals surface area contributed by atoms with Gasteiger partial charge in [-0.1, -0.05) is 19.1 Å². The van der Waals surface area contributed by atoms with E-state index in [2.05, 4.69) is 53.4 Å². The highest BCUT2D eigenvalue weighted by Crippen LogP contribution is 2.15. The van der Waals surface area contributed by atoms with E-state index in [0.717, 1.165) is 57.6 Å². The van der Waals surface area contributed by atoms with Gasteiger partial charge in [-0.3, -0.25) is 9.89 Å². The van der Waals surface area contributed by atoms with Crippen LogP contribution in [-0.4, -0.2) is 62.9 Å². The molecule has 6 nitrogen and oxygen atoms in total. The van der Waals surface area contributed by atoms with E-state index in [1.54, 1.807) is 7.05 Å². The Kier molecular flexibility index (Phi) is 11.0. The van der Waals surface area contributed by atoms with E-state index in [1.165, 1.54) is 5.56 Å². The van der Waals surface area contributed by atoms with Crippen molar-refractivity contribution in [3.63, 3.8) is 0 Å². The molecule has 2 rings (SSSR count). The largest absolute Gasteiger partial charge is 0.494 e. The molecule has 0 atom stereocenters. The minimum absolute atomic E-state index is 0. The summed E-state index contributed by atoms with van der Waals surface area (Å²) in [6.45, 7) is 12.5. The minimum Gasteiger partial charge on any atom is -0.494 e. The second kappa shape index (κ2) is 12.4. The van der Waals surface area contributed by atoms with Gasteiger partial charge in [0.05, 0.1) is 19.8 Å². The molecule has 27 heavy (non-hydrogen) atoms. The van der Waals surface area contributed by atoms with Crippen molar-refractivity contribution in [2.75, 3.05) is 46.5 Å². The summed E-state index contributed by atoms with van der Waals surface area (Å²) in [5.74, 6) is 1.73. The molecule has 1 saturated heterocycles. The molecule has 1 aliphatic rings. The number of morpholine rings is 1. The molecule has 0 unspecified atom stereocenters. The number of nitrogens with one attached hydrogen (secondary N) is 2. The first-order chi connectivity index (χ1) is 12.5. The van der Waals surface area contributed by atoms with Crippen LogP contribution in [0.3, 0.4) is 0 Å². The number of nitrogens with zero attached hydrogens (tertiary/aromatic N) is 2. The van der Waals surface area contributed by atoms with Crippen LogP contribution < -0.4 is 15.4 Å². The minimum atomic E-state index is 0. The number of ether oxygens (including phenoxy) is 2. The molecule has 0 spiro atoms. The fraction of sp³-hybridized carbons (Fsp3) is 0.650. The lowest BCUT2D eigenvalue weighted by molar-refractivity contribution is -0.00834. The third-order valence-electron chi connectivity index (χ3n) is 4.61. The van der Waals surface area contributed by atoms with Crippen molar-refractivity contribution >= 4 is 29.9 Å². The fourth-order valence-corrected chi connectivity index (χ4v) is 2.95. The summed E-state index contributed by atoms with van der Waals surface area (Å²) in [4.78, 5) is 6.81. The summed E-state index contributed by atoms with van der Waals surface area (Å²) in [5.41, 5.74) is 1.23. The van der Waals surface area contributed by atoms with Crippen molar-refractivity contribution in [3.8, 4) is 5.75 Å². The van der Waals surface area contributed by atoms with E-state index in [9.17, 15) is 0 Å². The zero-order valence-electron chi connectivity index (χ0n) is 17.1. The zero-order chi connectivity index (χ0) is 18.8. The standard InChI is InChI=1S/C20H34N4O2.HI/c1-5-11-26-18-8-6-7-17(14-18)15-22-19(21-4)23-16-20(2,3)24-9-12-25-13-10-24;/h6-8,14H,5,9-13,15-16H2,1-4H3,(H2,21,22,23);1H. The first-order valence-corrected chi connectivity index (χ1v) is 9.54. The van der Waals surface area contributed by atoms with Crippen molar-refractivity contribution < 1.29 is 9.47 Å². The van der Waals surface area contributed by atoms with Gasteiger partial charge in [-0.15, -0.1) is 24.0 Å². The summed E-state index contributed by atoms with van der Waals surface area (Å²) in [6, 6.07) is 8.20. The van der Waals surface area contributed by atoms with Gasteiger partial charge in [0.15, 0.2) is 5.96 Å². The number of hydrogen-bond donors (Lipinski definition) is 2. The van der Waals surface area contributed by atoms with Crippen molar-refractivity contribution in [1.82, 2.24) is 15.5 Å². The average Bonchev–Trinajstić information content (AvgIpc) is 2.67. The number of hydrogen-bond acceptors (Lipinski definition) is 4. The average molecular weight is 490 g/mol. The highest BCUT2D eigenvalue weighted by atomic mass is 127. The van der Waals surface area contributed by atoms with E-state index < -0.39 is 0 Å². The maximum atomic E-state index is 5.70. The molecule has 1 aromatic carbocycles. The highest BCUT2D eigenvalue weighted by molar-refractivity contribution is 14.0. The summed E-state index contributed by atoms with van der Waals surface area (Å²) < 4.78 is 11.2. The van der Waals surface area contributed by atoms with Crippen molar-refractivity contribution in [3.05, 3.63) is 29.8 Å². The van der Waals surface area contributed by atoms with Crippen LogP contribution in [0.15, 0.2) is 29.3 Å². The Labute approximate surface area is 181 Å². The molecule has 1 fully saturated rings. The smallest absolute Gasteiger partial charge is 0.191 e. The molecule has 0 amide bonds. The Hall–Kier alpha value is -1.06. The predicted molar refractivity (Wildman–Crippen MR) is 122 cm³/mol. The maximum Gasteiger partial charge on any atom is 0.191 e. The van der Waals surface area contributed by atoms with Crippen LogP contribution in [0, 0.1) is 0 Å². The molecule has 7 heteroatoms. The first-order valence-electron chi connectivity index (χ1n) is 9.54. The Bertz CT molecular complexity index is 575. The lowest BCUT2D eigenvalue weighted by Crippen LogP contribution is -2.56. The highest BCUT2D eigenvalue weighted by Gasteiger charge is 2.28. The normalized spacial score (nSPS) is 15.8. The van der Waals surface area contributed by atoms with Gasteiger partial charge in [-0.2, -0.15) is 0 Å². The number of aliphatic imine (C=N–C) groups is 1. The van der Waals surface area contributed by atoms with Crippen LogP contribution in [0.2, 0.25) is 0 Å². The van der Waals surface area contributed by atoms with Crippen LogP contribution in [0.4, 0.5) is 0 Å². The summed E-state index contributed by atoms with van der Waals surface area (Å²) in [6.07, 6.45) is 1.01. The molecule has 0 saturated carbocycles. The molecule has 0 bridgehead atoms. The van der Waals surface area contributed by atoms with Crippen molar-refractivity contribution in [1.29, 1.82) is 0 Å². The molecular weight excluding hydrogens is 455 g/mol. The van der Waals surface area contributed by atoms with Crippen LogP contribution in [0.1, 0.15) is 32.8 Å². The van der Waals surface area contributed by atoms with Crippen LogP contribution in [0.25, 0.3) is 0 Å². The SMILES string of the molecule is CCCOc1cccc(CNC(=NC)NCC(C)(C)N2CCOCC2)c1.I. The molecular formula is C20H35IN4O2. The fourth-order valence-electron chi connectivity index (χ4n) is 2.95. The molecule has 0 aromatic heterocycles. The van der Waals surface area contributed by atoms with Gasteiger partial charge in [-0.25, -0.2) is 0 Å². The summed E-state index contributed by atoms with van der Waals surface area (Å²) in [7, 11) is 1.80. The summed E-state index contributed by atoms with van der Waals surface area (Å²) in [5, 5.41) is 6.84. The van der Waals surface area contributed by atoms with Gasteiger partial charge in [0.25, 0.3) is 0 Å². The molecule has 2 N–H and O–H groups in total. The van der Waals surface area contributed by atoms with E-state index in [0.29, 0.717) is 6.54 Å². The molecule has 0 aliphatic carbocycles. The predicted octanol–water partition coefficient (Wildman–Crippen LogP) is 2.87. The Morgan fingerprint density at radius 1 is 1.26 bits per heavy atom. The van der Waals surface area contributed by atoms with Gasteiger partial charge in [0, 0.05) is 38.8 Å². The Balaban J connectivity index is 0.00000364. The molecule has 1 aliphatic heterocycles. The molecule has 1 heterocycles. The van der Waals surface area contributed by atoms with Gasteiger partial charge in [0.1, 0.15) is 5.75 Å². The lowest BCUT2D eigenvalue weighted by atomic mass is 10.0. The Morgan fingerprint density at radius 2 is 2.00 bits per heavy atom. The number of rotatable bonds is 8. The lowest BCUT2D eigenvalue weighted by Gasteiger charge is -2.41. The number of halogens is 1. The van der Waals surface area contributed by atoms with Gasteiger partial charge in [-0.05, 0) is 38.0 Å². The van der Waals surface area contributed by atoms with Crippen LogP contribution >= 0.6 is 24.0 Å². The topological polar surface area (TPSA) is 58.1 Å². The van der Waals surface area contributed by atoms with Crippen molar-refractivity contribution in [2.24, 2.45) is 4.99 Å². The molecule has 0 radical (unpaired) electrons. The number of guanidine groups is 1. The second-order valence-corrected chi connectivity index (χ2v) is 7.19. The molecule has 1 aromatic rings. The Morgan fingerprint density at radius 3 is 2.67 bits per heavy atom. The van der Waals surface area contributed by atoms with E-state index >= 15 is 0 Å². The van der Waals surface area contributed by atoms with Crippen LogP contribution in [-0.2, 0) is 11.3 Å². The van der Waals surface area contributed by atoms with E-state index in [1.807, 2.05) is 12.1 Å². The first kappa shape index (κ1) is 24.0. The van der Waals surface area contributed by atoms with Crippen LogP contribution in [0.5, 0.6) is 5.75 Å². The third-order valence-corrected chi connectivity index (χ3v) is 4.61. The maximum absolute atomic E-state index is 5.70. The van der Waals surface area contributed by atoms with Crippen molar-refractivity contribution in [2.45, 2.75) is 39.3 Å². The van der Waals surface area contributed by atoms with Gasteiger partial charge >= 0.3 is 0 Å². The monoisotopic (exact) mass is 490 g/mol. The van der Waals surface area contributed by atoms with Gasteiger partial charge < -0.3 is 20.1 Å². The van der Waals surface area contributed by atoms with Gasteiger partial charge in [0.2, 0.25) is 0 Å². The quantitative estimate of drug-likeness (QED) is 0.334. The van der Waals surface area contributed by atoms with E-state index in [-0.39, 0.29) is 29.5 Å². The third kappa shape index (κ3) is 8.23. The number of benzene rings is 1.